The maximum atomic E-state index is 12.2. The van der Waals surface area contributed by atoms with Gasteiger partial charge in [-0.3, -0.25) is 9.59 Å². The van der Waals surface area contributed by atoms with Crippen molar-refractivity contribution >= 4 is 51.7 Å². The van der Waals surface area contributed by atoms with Crippen LogP contribution in [0.1, 0.15) is 22.8 Å². The van der Waals surface area contributed by atoms with Crippen LogP contribution in [0.25, 0.3) is 0 Å². The number of rotatable bonds is 4. The van der Waals surface area contributed by atoms with Crippen molar-refractivity contribution < 1.29 is 9.59 Å². The number of anilines is 1. The predicted octanol–water partition coefficient (Wildman–Crippen LogP) is 4.01. The zero-order valence-electron chi connectivity index (χ0n) is 12.7. The van der Waals surface area contributed by atoms with Gasteiger partial charge in [-0.05, 0) is 84.5 Å². The minimum absolute atomic E-state index is 0.267. The van der Waals surface area contributed by atoms with Gasteiger partial charge in [-0.1, -0.05) is 11.6 Å². The van der Waals surface area contributed by atoms with Crippen molar-refractivity contribution in [2.75, 3.05) is 5.32 Å². The normalized spacial score (nSPS) is 11.7. The first-order valence-electron chi connectivity index (χ1n) is 7.00. The molecule has 1 atom stereocenters. The molecule has 0 spiro atoms. The van der Waals surface area contributed by atoms with E-state index in [9.17, 15) is 9.59 Å². The van der Waals surface area contributed by atoms with Crippen LogP contribution in [0.15, 0.2) is 42.5 Å². The highest BCUT2D eigenvalue weighted by molar-refractivity contribution is 14.1. The summed E-state index contributed by atoms with van der Waals surface area (Å²) in [5.74, 6) is -0.583. The lowest BCUT2D eigenvalue weighted by Crippen LogP contribution is -2.41. The molecular formula is C17H16ClIN2O2. The first-order valence-corrected chi connectivity index (χ1v) is 8.46. The summed E-state index contributed by atoms with van der Waals surface area (Å²) in [6, 6.07) is 11.6. The molecule has 4 nitrogen and oxygen atoms in total. The van der Waals surface area contributed by atoms with Gasteiger partial charge in [0.1, 0.15) is 6.04 Å². The molecule has 0 aromatic heterocycles. The molecule has 2 rings (SSSR count). The Balaban J connectivity index is 1.99. The van der Waals surface area contributed by atoms with E-state index in [4.69, 9.17) is 11.6 Å². The summed E-state index contributed by atoms with van der Waals surface area (Å²) in [6.45, 7) is 3.57. The topological polar surface area (TPSA) is 58.2 Å². The molecule has 120 valence electrons. The molecule has 23 heavy (non-hydrogen) atoms. The zero-order chi connectivity index (χ0) is 17.0. The number of hydrogen-bond donors (Lipinski definition) is 2. The number of aryl methyl sites for hydroxylation is 1. The van der Waals surface area contributed by atoms with Gasteiger partial charge in [0, 0.05) is 19.8 Å². The number of nitrogens with one attached hydrogen (secondary N) is 2. The minimum atomic E-state index is -0.656. The highest BCUT2D eigenvalue weighted by atomic mass is 127. The zero-order valence-corrected chi connectivity index (χ0v) is 15.6. The summed E-state index contributed by atoms with van der Waals surface area (Å²) in [5.41, 5.74) is 2.17. The maximum absolute atomic E-state index is 12.2. The second-order valence-corrected chi connectivity index (χ2v) is 6.83. The van der Waals surface area contributed by atoms with Crippen molar-refractivity contribution in [3.8, 4) is 0 Å². The molecular weight excluding hydrogens is 427 g/mol. The number of carbonyl (C=O) groups excluding carboxylic acids is 2. The number of carbonyl (C=O) groups is 2. The molecule has 0 saturated carbocycles. The van der Waals surface area contributed by atoms with Crippen LogP contribution >= 0.6 is 34.2 Å². The molecule has 6 heteroatoms. The molecule has 0 radical (unpaired) electrons. The van der Waals surface area contributed by atoms with E-state index >= 15 is 0 Å². The van der Waals surface area contributed by atoms with E-state index in [0.717, 1.165) is 14.8 Å². The largest absolute Gasteiger partial charge is 0.341 e. The summed E-state index contributed by atoms with van der Waals surface area (Å²) < 4.78 is 1.10. The number of amides is 2. The molecule has 2 aromatic rings. The molecule has 2 aromatic carbocycles. The lowest BCUT2D eigenvalue weighted by molar-refractivity contribution is -0.117. The van der Waals surface area contributed by atoms with Gasteiger partial charge in [-0.25, -0.2) is 0 Å². The lowest BCUT2D eigenvalue weighted by atomic mass is 10.1. The minimum Gasteiger partial charge on any atom is -0.341 e. The first-order chi connectivity index (χ1) is 10.9. The van der Waals surface area contributed by atoms with E-state index in [1.807, 2.05) is 25.1 Å². The fraction of sp³-hybridized carbons (Fsp3) is 0.176. The Morgan fingerprint density at radius 2 is 1.78 bits per heavy atom. The number of benzene rings is 2. The van der Waals surface area contributed by atoms with Crippen molar-refractivity contribution in [3.05, 3.63) is 62.2 Å². The Morgan fingerprint density at radius 3 is 2.39 bits per heavy atom. The van der Waals surface area contributed by atoms with Crippen LogP contribution in [0.3, 0.4) is 0 Å². The monoisotopic (exact) mass is 442 g/mol. The van der Waals surface area contributed by atoms with E-state index in [-0.39, 0.29) is 11.8 Å². The smallest absolute Gasteiger partial charge is 0.251 e. The van der Waals surface area contributed by atoms with Gasteiger partial charge in [0.2, 0.25) is 5.91 Å². The van der Waals surface area contributed by atoms with E-state index < -0.39 is 6.04 Å². The highest BCUT2D eigenvalue weighted by Crippen LogP contribution is 2.18. The van der Waals surface area contributed by atoms with Crippen molar-refractivity contribution in [2.24, 2.45) is 0 Å². The van der Waals surface area contributed by atoms with E-state index in [1.165, 1.54) is 0 Å². The summed E-state index contributed by atoms with van der Waals surface area (Å²) in [6.07, 6.45) is 0. The van der Waals surface area contributed by atoms with E-state index in [2.05, 4.69) is 33.2 Å². The molecule has 2 N–H and O–H groups in total. The second-order valence-electron chi connectivity index (χ2n) is 5.15. The number of halogens is 2. The van der Waals surface area contributed by atoms with Crippen LogP contribution < -0.4 is 10.6 Å². The SMILES string of the molecule is Cc1cc(I)ccc1NC(=O)C(C)NC(=O)c1ccc(Cl)cc1. The van der Waals surface area contributed by atoms with Crippen LogP contribution in [0.2, 0.25) is 5.02 Å². The summed E-state index contributed by atoms with van der Waals surface area (Å²) in [5, 5.41) is 6.05. The van der Waals surface area contributed by atoms with Crippen molar-refractivity contribution in [1.29, 1.82) is 0 Å². The van der Waals surface area contributed by atoms with Gasteiger partial charge in [0.05, 0.1) is 0 Å². The maximum Gasteiger partial charge on any atom is 0.251 e. The molecule has 0 saturated heterocycles. The molecule has 0 aliphatic carbocycles. The van der Waals surface area contributed by atoms with E-state index in [1.54, 1.807) is 31.2 Å². The third-order valence-corrected chi connectivity index (χ3v) is 4.22. The lowest BCUT2D eigenvalue weighted by Gasteiger charge is -2.15. The fourth-order valence-corrected chi connectivity index (χ4v) is 2.73. The van der Waals surface area contributed by atoms with Crippen LogP contribution in [0.4, 0.5) is 5.69 Å². The number of hydrogen-bond acceptors (Lipinski definition) is 2. The molecule has 0 bridgehead atoms. The average molecular weight is 443 g/mol. The summed E-state index contributed by atoms with van der Waals surface area (Å²) in [4.78, 5) is 24.3. The Bertz CT molecular complexity index is 732. The average Bonchev–Trinajstić information content (AvgIpc) is 2.50. The Kier molecular flexibility index (Phi) is 6.01. The van der Waals surface area contributed by atoms with Gasteiger partial charge in [-0.2, -0.15) is 0 Å². The third kappa shape index (κ3) is 4.94. The van der Waals surface area contributed by atoms with Crippen molar-refractivity contribution in [2.45, 2.75) is 19.9 Å². The fourth-order valence-electron chi connectivity index (χ4n) is 1.96. The standard InChI is InChI=1S/C17H16ClIN2O2/c1-10-9-14(19)7-8-15(10)21-16(22)11(2)20-17(23)12-3-5-13(18)6-4-12/h3-9,11H,1-2H3,(H,20,23)(H,21,22). The quantitative estimate of drug-likeness (QED) is 0.703. The van der Waals surface area contributed by atoms with Gasteiger partial charge >= 0.3 is 0 Å². The van der Waals surface area contributed by atoms with E-state index in [0.29, 0.717) is 10.6 Å². The summed E-state index contributed by atoms with van der Waals surface area (Å²) >= 11 is 8.01. The molecule has 0 aliphatic rings. The predicted molar refractivity (Wildman–Crippen MR) is 101 cm³/mol. The van der Waals surface area contributed by atoms with Crippen molar-refractivity contribution in [3.63, 3.8) is 0 Å². The molecule has 0 aliphatic heterocycles. The third-order valence-electron chi connectivity index (χ3n) is 3.29. The van der Waals surface area contributed by atoms with Crippen molar-refractivity contribution in [1.82, 2.24) is 5.32 Å². The van der Waals surface area contributed by atoms with Gasteiger partial charge < -0.3 is 10.6 Å². The van der Waals surface area contributed by atoms with Crippen LogP contribution in [0, 0.1) is 10.5 Å². The first kappa shape index (κ1) is 17.7. The van der Waals surface area contributed by atoms with Crippen LogP contribution in [-0.2, 0) is 4.79 Å². The Morgan fingerprint density at radius 1 is 1.13 bits per heavy atom. The molecule has 0 fully saturated rings. The second kappa shape index (κ2) is 7.79. The molecule has 2 amide bonds. The van der Waals surface area contributed by atoms with Gasteiger partial charge in [0.25, 0.3) is 5.91 Å². The summed E-state index contributed by atoms with van der Waals surface area (Å²) in [7, 11) is 0. The Hall–Kier alpha value is -1.60. The van der Waals surface area contributed by atoms with Crippen LogP contribution in [-0.4, -0.2) is 17.9 Å². The molecule has 1 unspecified atom stereocenters. The van der Waals surface area contributed by atoms with Crippen LogP contribution in [0.5, 0.6) is 0 Å². The molecule has 0 heterocycles. The van der Waals surface area contributed by atoms with Gasteiger partial charge in [-0.15, -0.1) is 0 Å². The van der Waals surface area contributed by atoms with Gasteiger partial charge in [0.15, 0.2) is 0 Å². The Labute approximate surface area is 153 Å². The highest BCUT2D eigenvalue weighted by Gasteiger charge is 2.17.